The van der Waals surface area contributed by atoms with E-state index in [1.807, 2.05) is 25.1 Å². The Labute approximate surface area is 197 Å². The van der Waals surface area contributed by atoms with Crippen molar-refractivity contribution in [3.8, 4) is 0 Å². The Morgan fingerprint density at radius 3 is 2.24 bits per heavy atom. The van der Waals surface area contributed by atoms with E-state index in [0.717, 1.165) is 5.56 Å². The fourth-order valence-electron chi connectivity index (χ4n) is 4.26. The molecule has 4 rings (SSSR count). The number of hydrogen-bond donors (Lipinski definition) is 3. The van der Waals surface area contributed by atoms with Crippen LogP contribution in [0.25, 0.3) is 0 Å². The summed E-state index contributed by atoms with van der Waals surface area (Å²) in [4.78, 5) is 37.2. The molecule has 3 aliphatic heterocycles. The van der Waals surface area contributed by atoms with Crippen molar-refractivity contribution in [3.05, 3.63) is 29.8 Å². The Bertz CT molecular complexity index is 965. The molecule has 186 valence electrons. The summed E-state index contributed by atoms with van der Waals surface area (Å²) in [7, 11) is 0. The lowest BCUT2D eigenvalue weighted by Crippen LogP contribution is -2.60. The zero-order valence-electron chi connectivity index (χ0n) is 19.9. The van der Waals surface area contributed by atoms with Crippen LogP contribution in [0.2, 0.25) is 0 Å². The highest BCUT2D eigenvalue weighted by Crippen LogP contribution is 2.44. The normalized spacial score (nSPS) is 30.7. The maximum Gasteiger partial charge on any atom is 0.252 e. The lowest BCUT2D eigenvalue weighted by Gasteiger charge is -2.36. The van der Waals surface area contributed by atoms with Gasteiger partial charge in [0.2, 0.25) is 11.8 Å². The van der Waals surface area contributed by atoms with Crippen LogP contribution in [0, 0.1) is 6.92 Å². The van der Waals surface area contributed by atoms with E-state index in [-0.39, 0.29) is 19.0 Å². The van der Waals surface area contributed by atoms with Crippen LogP contribution < -0.4 is 16.0 Å². The largest absolute Gasteiger partial charge is 0.345 e. The quantitative estimate of drug-likeness (QED) is 0.541. The smallest absolute Gasteiger partial charge is 0.252 e. The van der Waals surface area contributed by atoms with Gasteiger partial charge in [0, 0.05) is 5.69 Å². The summed E-state index contributed by atoms with van der Waals surface area (Å²) in [5.41, 5.74) is 1.64. The van der Waals surface area contributed by atoms with Crippen LogP contribution in [0.1, 0.15) is 33.3 Å². The van der Waals surface area contributed by atoms with Gasteiger partial charge in [-0.15, -0.1) is 0 Å². The molecule has 11 nitrogen and oxygen atoms in total. The molecule has 0 radical (unpaired) electrons. The first-order chi connectivity index (χ1) is 15.9. The molecule has 0 unspecified atom stereocenters. The summed E-state index contributed by atoms with van der Waals surface area (Å²) >= 11 is 0. The third-order valence-corrected chi connectivity index (χ3v) is 5.58. The van der Waals surface area contributed by atoms with E-state index >= 15 is 0 Å². The van der Waals surface area contributed by atoms with Gasteiger partial charge < -0.3 is 39.6 Å². The number of fused-ring (bicyclic) bond motifs is 3. The Hall–Kier alpha value is -2.57. The highest BCUT2D eigenvalue weighted by atomic mass is 16.9. The molecule has 0 bridgehead atoms. The van der Waals surface area contributed by atoms with E-state index in [0.29, 0.717) is 5.69 Å². The molecule has 0 aliphatic carbocycles. The fourth-order valence-corrected chi connectivity index (χ4v) is 4.26. The molecule has 11 heteroatoms. The van der Waals surface area contributed by atoms with Gasteiger partial charge in [-0.1, -0.05) is 12.1 Å². The predicted octanol–water partition coefficient (Wildman–Crippen LogP) is 0.562. The summed E-state index contributed by atoms with van der Waals surface area (Å²) in [6.07, 6.45) is -3.75. The number of rotatable bonds is 6. The molecular weight excluding hydrogens is 446 g/mol. The first kappa shape index (κ1) is 24.6. The van der Waals surface area contributed by atoms with E-state index in [1.165, 1.54) is 0 Å². The number of aryl methyl sites for hydroxylation is 1. The molecule has 5 atom stereocenters. The van der Waals surface area contributed by atoms with E-state index in [1.54, 1.807) is 33.8 Å². The predicted molar refractivity (Wildman–Crippen MR) is 118 cm³/mol. The monoisotopic (exact) mass is 477 g/mol. The number of carbonyl (C=O) groups is 3. The van der Waals surface area contributed by atoms with E-state index < -0.39 is 54.1 Å². The first-order valence-corrected chi connectivity index (χ1v) is 11.2. The van der Waals surface area contributed by atoms with Crippen LogP contribution in [0.5, 0.6) is 0 Å². The SMILES string of the molecule is Cc1cccc(NC(=O)CNC(=O)CNC(=O)[C@@H]2O[C@@H]3OC(C)(C)O[C@@H]3[C@H]3OC(C)(C)O[C@@H]32)c1. The number of benzene rings is 1. The van der Waals surface area contributed by atoms with Gasteiger partial charge in [-0.2, -0.15) is 0 Å². The topological polar surface area (TPSA) is 133 Å². The number of ether oxygens (including phenoxy) is 5. The summed E-state index contributed by atoms with van der Waals surface area (Å²) in [5, 5.41) is 7.71. The van der Waals surface area contributed by atoms with E-state index in [4.69, 9.17) is 23.7 Å². The minimum atomic E-state index is -1.07. The number of amides is 3. The lowest BCUT2D eigenvalue weighted by atomic mass is 9.98. The zero-order valence-corrected chi connectivity index (χ0v) is 19.9. The van der Waals surface area contributed by atoms with Crippen LogP contribution in [0.4, 0.5) is 5.69 Å². The number of nitrogens with one attached hydrogen (secondary N) is 3. The summed E-state index contributed by atoms with van der Waals surface area (Å²) in [5.74, 6) is -3.30. The second kappa shape index (κ2) is 9.23. The van der Waals surface area contributed by atoms with Gasteiger partial charge in [0.05, 0.1) is 13.1 Å². The maximum absolute atomic E-state index is 12.9. The fraction of sp³-hybridized carbons (Fsp3) is 0.609. The molecule has 3 amide bonds. The number of anilines is 1. The van der Waals surface area contributed by atoms with Crippen molar-refractivity contribution < 1.29 is 38.1 Å². The summed E-state index contributed by atoms with van der Waals surface area (Å²) < 4.78 is 29.4. The van der Waals surface area contributed by atoms with Crippen LogP contribution in [0.15, 0.2) is 24.3 Å². The average Bonchev–Trinajstić information content (AvgIpc) is 3.23. The zero-order chi connectivity index (χ0) is 24.7. The second-order valence-corrected chi connectivity index (χ2v) is 9.50. The van der Waals surface area contributed by atoms with E-state index in [2.05, 4.69) is 16.0 Å². The molecule has 3 fully saturated rings. The Morgan fingerprint density at radius 1 is 0.853 bits per heavy atom. The molecule has 34 heavy (non-hydrogen) atoms. The number of hydrogen-bond acceptors (Lipinski definition) is 8. The first-order valence-electron chi connectivity index (χ1n) is 11.2. The van der Waals surface area contributed by atoms with Crippen LogP contribution in [0.3, 0.4) is 0 Å². The molecule has 3 N–H and O–H groups in total. The molecule has 1 aromatic carbocycles. The van der Waals surface area contributed by atoms with Crippen molar-refractivity contribution in [1.82, 2.24) is 10.6 Å². The molecule has 1 aromatic rings. The minimum Gasteiger partial charge on any atom is -0.345 e. The van der Waals surface area contributed by atoms with Crippen molar-refractivity contribution in [3.63, 3.8) is 0 Å². The standard InChI is InChI=1S/C23H31N3O8/c1-12-7-6-8-13(9-12)26-15(28)11-24-14(27)10-25-20(29)18-16-17(32-22(2,3)31-16)19-21(30-18)34-23(4,5)33-19/h6-9,16-19,21H,10-11H2,1-5H3,(H,24,27)(H,25,29)(H,26,28)/t16-,17-,18+,19+,21+/m0/s1. The summed E-state index contributed by atoms with van der Waals surface area (Å²) in [6, 6.07) is 7.31. The molecule has 3 aliphatic rings. The lowest BCUT2D eigenvalue weighted by molar-refractivity contribution is -0.231. The molecule has 0 aromatic heterocycles. The highest BCUT2D eigenvalue weighted by molar-refractivity contribution is 5.95. The Balaban J connectivity index is 1.29. The van der Waals surface area contributed by atoms with E-state index in [9.17, 15) is 14.4 Å². The van der Waals surface area contributed by atoms with Gasteiger partial charge in [-0.25, -0.2) is 0 Å². The van der Waals surface area contributed by atoms with Crippen LogP contribution in [-0.2, 0) is 38.1 Å². The summed E-state index contributed by atoms with van der Waals surface area (Å²) in [6.45, 7) is 8.32. The van der Waals surface area contributed by atoms with Gasteiger partial charge in [0.25, 0.3) is 5.91 Å². The van der Waals surface area contributed by atoms with Gasteiger partial charge in [0.15, 0.2) is 24.0 Å². The Morgan fingerprint density at radius 2 is 1.50 bits per heavy atom. The third kappa shape index (κ3) is 5.56. The molecule has 3 saturated heterocycles. The maximum atomic E-state index is 12.9. The molecular formula is C23H31N3O8. The number of carbonyl (C=O) groups excluding carboxylic acids is 3. The van der Waals surface area contributed by atoms with Gasteiger partial charge in [0.1, 0.15) is 18.3 Å². The third-order valence-electron chi connectivity index (χ3n) is 5.58. The van der Waals surface area contributed by atoms with Crippen LogP contribution >= 0.6 is 0 Å². The van der Waals surface area contributed by atoms with Gasteiger partial charge in [-0.05, 0) is 52.3 Å². The van der Waals surface area contributed by atoms with Crippen molar-refractivity contribution in [2.75, 3.05) is 18.4 Å². The molecule has 0 saturated carbocycles. The van der Waals surface area contributed by atoms with Gasteiger partial charge >= 0.3 is 0 Å². The van der Waals surface area contributed by atoms with Crippen molar-refractivity contribution >= 4 is 23.4 Å². The minimum absolute atomic E-state index is 0.234. The average molecular weight is 478 g/mol. The highest BCUT2D eigenvalue weighted by Gasteiger charge is 2.62. The van der Waals surface area contributed by atoms with Crippen molar-refractivity contribution in [2.45, 2.75) is 76.9 Å². The van der Waals surface area contributed by atoms with Gasteiger partial charge in [-0.3, -0.25) is 14.4 Å². The van der Waals surface area contributed by atoms with Crippen molar-refractivity contribution in [1.29, 1.82) is 0 Å². The second-order valence-electron chi connectivity index (χ2n) is 9.50. The molecule has 0 spiro atoms. The molecule has 3 heterocycles. The van der Waals surface area contributed by atoms with Crippen LogP contribution in [-0.4, -0.2) is 73.1 Å². The Kier molecular flexibility index (Phi) is 6.67. The van der Waals surface area contributed by atoms with Crippen molar-refractivity contribution in [2.24, 2.45) is 0 Å².